The Morgan fingerprint density at radius 2 is 1.91 bits per heavy atom. The summed E-state index contributed by atoms with van der Waals surface area (Å²) in [6, 6.07) is 8.02. The summed E-state index contributed by atoms with van der Waals surface area (Å²) < 4.78 is 5.14. The predicted octanol–water partition coefficient (Wildman–Crippen LogP) is 4.10. The van der Waals surface area contributed by atoms with Gasteiger partial charge in [-0.2, -0.15) is 0 Å². The molecule has 0 radical (unpaired) electrons. The van der Waals surface area contributed by atoms with Gasteiger partial charge in [0.25, 0.3) is 0 Å². The summed E-state index contributed by atoms with van der Waals surface area (Å²) in [6.45, 7) is 0.717. The first kappa shape index (κ1) is 16.9. The number of rotatable bonds is 8. The molecule has 22 heavy (non-hydrogen) atoms. The van der Waals surface area contributed by atoms with E-state index >= 15 is 0 Å². The number of nitrogens with one attached hydrogen (secondary N) is 1. The summed E-state index contributed by atoms with van der Waals surface area (Å²) >= 11 is 0. The molecule has 1 aliphatic rings. The third-order valence-electron chi connectivity index (χ3n) is 4.64. The van der Waals surface area contributed by atoms with Crippen LogP contribution in [0.25, 0.3) is 0 Å². The van der Waals surface area contributed by atoms with Crippen LogP contribution < -0.4 is 10.1 Å². The number of benzene rings is 1. The smallest absolute Gasteiger partial charge is 0.220 e. The van der Waals surface area contributed by atoms with E-state index in [-0.39, 0.29) is 5.91 Å². The molecule has 1 aromatic rings. The maximum absolute atomic E-state index is 11.8. The first-order valence-electron chi connectivity index (χ1n) is 8.67. The van der Waals surface area contributed by atoms with E-state index in [1.165, 1.54) is 44.1 Å². The minimum atomic E-state index is 0.198. The summed E-state index contributed by atoms with van der Waals surface area (Å²) in [5.74, 6) is 1.95. The largest absolute Gasteiger partial charge is 0.497 e. The van der Waals surface area contributed by atoms with Crippen LogP contribution in [0.3, 0.4) is 0 Å². The number of amides is 1. The lowest BCUT2D eigenvalue weighted by Gasteiger charge is -2.21. The fourth-order valence-corrected chi connectivity index (χ4v) is 3.25. The molecule has 0 unspecified atom stereocenters. The Hall–Kier alpha value is -1.51. The lowest BCUT2D eigenvalue weighted by molar-refractivity contribution is -0.121. The fraction of sp³-hybridized carbons (Fsp3) is 0.632. The highest BCUT2D eigenvalue weighted by atomic mass is 16.5. The molecule has 0 bridgehead atoms. The summed E-state index contributed by atoms with van der Waals surface area (Å²) in [4.78, 5) is 11.8. The van der Waals surface area contributed by atoms with E-state index < -0.39 is 0 Å². The van der Waals surface area contributed by atoms with Gasteiger partial charge >= 0.3 is 0 Å². The average Bonchev–Trinajstić information content (AvgIpc) is 2.56. The molecule has 3 nitrogen and oxygen atoms in total. The SMILES string of the molecule is COc1ccc(CCNC(=O)CCCC2CCCCC2)cc1. The number of hydrogen-bond donors (Lipinski definition) is 1. The second-order valence-electron chi connectivity index (χ2n) is 6.34. The third-order valence-corrected chi connectivity index (χ3v) is 4.64. The summed E-state index contributed by atoms with van der Waals surface area (Å²) in [5, 5.41) is 3.03. The van der Waals surface area contributed by atoms with Crippen molar-refractivity contribution < 1.29 is 9.53 Å². The fourth-order valence-electron chi connectivity index (χ4n) is 3.25. The van der Waals surface area contributed by atoms with Crippen molar-refractivity contribution in [2.24, 2.45) is 5.92 Å². The van der Waals surface area contributed by atoms with Crippen molar-refractivity contribution in [3.63, 3.8) is 0 Å². The molecule has 1 aromatic carbocycles. The molecule has 0 aliphatic heterocycles. The van der Waals surface area contributed by atoms with Gasteiger partial charge in [-0.3, -0.25) is 4.79 Å². The van der Waals surface area contributed by atoms with Crippen LogP contribution in [-0.2, 0) is 11.2 Å². The van der Waals surface area contributed by atoms with E-state index in [0.29, 0.717) is 13.0 Å². The maximum Gasteiger partial charge on any atom is 0.220 e. The second kappa shape index (κ2) is 9.50. The first-order valence-corrected chi connectivity index (χ1v) is 8.67. The molecule has 2 rings (SSSR count). The van der Waals surface area contributed by atoms with Crippen molar-refractivity contribution in [3.8, 4) is 5.75 Å². The minimum Gasteiger partial charge on any atom is -0.497 e. The van der Waals surface area contributed by atoms with Crippen molar-refractivity contribution >= 4 is 5.91 Å². The van der Waals surface area contributed by atoms with Crippen LogP contribution >= 0.6 is 0 Å². The van der Waals surface area contributed by atoms with Gasteiger partial charge in [-0.1, -0.05) is 44.2 Å². The van der Waals surface area contributed by atoms with Gasteiger partial charge in [0.05, 0.1) is 7.11 Å². The first-order chi connectivity index (χ1) is 10.8. The molecule has 1 N–H and O–H groups in total. The Labute approximate surface area is 134 Å². The normalized spacial score (nSPS) is 15.5. The molecule has 1 amide bonds. The van der Waals surface area contributed by atoms with Crippen LogP contribution in [0.15, 0.2) is 24.3 Å². The Morgan fingerprint density at radius 1 is 1.18 bits per heavy atom. The number of carbonyl (C=O) groups is 1. The van der Waals surface area contributed by atoms with Gasteiger partial charge in [0.1, 0.15) is 5.75 Å². The van der Waals surface area contributed by atoms with Crippen LogP contribution in [0.1, 0.15) is 56.9 Å². The average molecular weight is 303 g/mol. The van der Waals surface area contributed by atoms with E-state index in [2.05, 4.69) is 5.32 Å². The van der Waals surface area contributed by atoms with Crippen molar-refractivity contribution in [1.29, 1.82) is 0 Å². The zero-order chi connectivity index (χ0) is 15.6. The molecule has 0 aromatic heterocycles. The minimum absolute atomic E-state index is 0.198. The molecule has 1 fully saturated rings. The van der Waals surface area contributed by atoms with Crippen molar-refractivity contribution in [2.45, 2.75) is 57.8 Å². The van der Waals surface area contributed by atoms with Crippen molar-refractivity contribution in [3.05, 3.63) is 29.8 Å². The maximum atomic E-state index is 11.8. The van der Waals surface area contributed by atoms with E-state index in [1.807, 2.05) is 24.3 Å². The highest BCUT2D eigenvalue weighted by molar-refractivity contribution is 5.75. The molecule has 1 aliphatic carbocycles. The Kier molecular flexibility index (Phi) is 7.27. The Balaban J connectivity index is 1.55. The van der Waals surface area contributed by atoms with Gasteiger partial charge < -0.3 is 10.1 Å². The van der Waals surface area contributed by atoms with Gasteiger partial charge in [0.2, 0.25) is 5.91 Å². The lowest BCUT2D eigenvalue weighted by Crippen LogP contribution is -2.25. The monoisotopic (exact) mass is 303 g/mol. The molecule has 0 heterocycles. The predicted molar refractivity (Wildman–Crippen MR) is 90.1 cm³/mol. The molecule has 3 heteroatoms. The Morgan fingerprint density at radius 3 is 2.59 bits per heavy atom. The molecule has 0 atom stereocenters. The van der Waals surface area contributed by atoms with Crippen LogP contribution in [0, 0.1) is 5.92 Å². The standard InChI is InChI=1S/C19H29NO2/c1-22-18-12-10-17(11-13-18)14-15-20-19(21)9-5-8-16-6-3-2-4-7-16/h10-13,16H,2-9,14-15H2,1H3,(H,20,21). The summed E-state index contributed by atoms with van der Waals surface area (Å²) in [5.41, 5.74) is 1.23. The van der Waals surface area contributed by atoms with Crippen molar-refractivity contribution in [1.82, 2.24) is 5.32 Å². The van der Waals surface area contributed by atoms with Gasteiger partial charge in [0.15, 0.2) is 0 Å². The van der Waals surface area contributed by atoms with E-state index in [0.717, 1.165) is 24.5 Å². The number of ether oxygens (including phenoxy) is 1. The summed E-state index contributed by atoms with van der Waals surface area (Å²) in [6.07, 6.45) is 10.8. The zero-order valence-electron chi connectivity index (χ0n) is 13.8. The quantitative estimate of drug-likeness (QED) is 0.785. The number of hydrogen-bond acceptors (Lipinski definition) is 2. The number of carbonyl (C=O) groups excluding carboxylic acids is 1. The van der Waals surface area contributed by atoms with Gasteiger partial charge in [-0.05, 0) is 42.9 Å². The molecule has 0 saturated heterocycles. The van der Waals surface area contributed by atoms with E-state index in [1.54, 1.807) is 7.11 Å². The topological polar surface area (TPSA) is 38.3 Å². The van der Waals surface area contributed by atoms with Crippen LogP contribution in [0.2, 0.25) is 0 Å². The van der Waals surface area contributed by atoms with Crippen molar-refractivity contribution in [2.75, 3.05) is 13.7 Å². The second-order valence-corrected chi connectivity index (χ2v) is 6.34. The third kappa shape index (κ3) is 6.08. The highest BCUT2D eigenvalue weighted by Gasteiger charge is 2.13. The molecular weight excluding hydrogens is 274 g/mol. The zero-order valence-corrected chi connectivity index (χ0v) is 13.8. The molecule has 122 valence electrons. The Bertz CT molecular complexity index is 435. The van der Waals surface area contributed by atoms with E-state index in [4.69, 9.17) is 4.74 Å². The number of methoxy groups -OCH3 is 1. The van der Waals surface area contributed by atoms with Gasteiger partial charge in [-0.25, -0.2) is 0 Å². The molecular formula is C19H29NO2. The van der Waals surface area contributed by atoms with Crippen LogP contribution in [0.5, 0.6) is 5.75 Å². The molecule has 0 spiro atoms. The van der Waals surface area contributed by atoms with Gasteiger partial charge in [-0.15, -0.1) is 0 Å². The lowest BCUT2D eigenvalue weighted by atomic mass is 9.86. The highest BCUT2D eigenvalue weighted by Crippen LogP contribution is 2.27. The van der Waals surface area contributed by atoms with Crippen LogP contribution in [-0.4, -0.2) is 19.6 Å². The van der Waals surface area contributed by atoms with E-state index in [9.17, 15) is 4.79 Å². The summed E-state index contributed by atoms with van der Waals surface area (Å²) in [7, 11) is 1.67. The molecule has 1 saturated carbocycles. The van der Waals surface area contributed by atoms with Gasteiger partial charge in [0, 0.05) is 13.0 Å². The van der Waals surface area contributed by atoms with Crippen LogP contribution in [0.4, 0.5) is 0 Å².